The molecule has 1 N–H and O–H groups in total. The van der Waals surface area contributed by atoms with Gasteiger partial charge in [0.05, 0.1) is 24.4 Å². The van der Waals surface area contributed by atoms with Gasteiger partial charge in [-0.3, -0.25) is 4.79 Å². The molecule has 0 unspecified atom stereocenters. The third kappa shape index (κ3) is 5.13. The van der Waals surface area contributed by atoms with Gasteiger partial charge in [0, 0.05) is 35.4 Å². The van der Waals surface area contributed by atoms with Crippen LogP contribution in [0.1, 0.15) is 16.1 Å². The lowest BCUT2D eigenvalue weighted by molar-refractivity contribution is 0.102. The van der Waals surface area contributed by atoms with E-state index < -0.39 is 0 Å². The number of aromatic nitrogens is 1. The number of para-hydroxylation sites is 1. The lowest BCUT2D eigenvalue weighted by Crippen LogP contribution is -2.36. The molecule has 33 heavy (non-hydrogen) atoms. The van der Waals surface area contributed by atoms with Gasteiger partial charge in [-0.2, -0.15) is 0 Å². The van der Waals surface area contributed by atoms with Crippen LogP contribution in [-0.2, 0) is 11.3 Å². The van der Waals surface area contributed by atoms with Crippen LogP contribution in [-0.4, -0.2) is 37.2 Å². The number of hydrogen-bond acceptors (Lipinski definition) is 5. The van der Waals surface area contributed by atoms with Gasteiger partial charge in [-0.1, -0.05) is 24.3 Å². The summed E-state index contributed by atoms with van der Waals surface area (Å²) in [5.74, 6) is 0.535. The van der Waals surface area contributed by atoms with Crippen LogP contribution in [0.2, 0.25) is 0 Å². The van der Waals surface area contributed by atoms with E-state index in [4.69, 9.17) is 9.47 Å². The molecule has 1 aromatic heterocycles. The fourth-order valence-electron chi connectivity index (χ4n) is 3.83. The Morgan fingerprint density at radius 1 is 0.909 bits per heavy atom. The number of rotatable bonds is 6. The van der Waals surface area contributed by atoms with Crippen molar-refractivity contribution in [1.82, 2.24) is 4.98 Å². The lowest BCUT2D eigenvalue weighted by Gasteiger charge is -2.28. The van der Waals surface area contributed by atoms with Gasteiger partial charge in [0.2, 0.25) is 0 Å². The summed E-state index contributed by atoms with van der Waals surface area (Å²) in [6, 6.07) is 27.1. The highest BCUT2D eigenvalue weighted by atomic mass is 16.5. The molecule has 1 fully saturated rings. The maximum Gasteiger partial charge on any atom is 0.255 e. The molecule has 0 aliphatic carbocycles. The fraction of sp³-hybridized carbons (Fsp3) is 0.185. The van der Waals surface area contributed by atoms with E-state index in [-0.39, 0.29) is 5.91 Å². The highest BCUT2D eigenvalue weighted by molar-refractivity contribution is 6.04. The van der Waals surface area contributed by atoms with E-state index in [0.29, 0.717) is 17.9 Å². The zero-order chi connectivity index (χ0) is 22.5. The Bertz CT molecular complexity index is 1230. The summed E-state index contributed by atoms with van der Waals surface area (Å²) in [6.45, 7) is 3.63. The highest BCUT2D eigenvalue weighted by Crippen LogP contribution is 2.20. The molecule has 0 bridgehead atoms. The van der Waals surface area contributed by atoms with Gasteiger partial charge in [-0.15, -0.1) is 0 Å². The number of nitrogens with zero attached hydrogens (tertiary/aromatic N) is 2. The van der Waals surface area contributed by atoms with Crippen molar-refractivity contribution in [2.24, 2.45) is 0 Å². The van der Waals surface area contributed by atoms with Crippen molar-refractivity contribution in [2.75, 3.05) is 36.5 Å². The second-order valence-corrected chi connectivity index (χ2v) is 7.91. The van der Waals surface area contributed by atoms with E-state index in [1.807, 2.05) is 60.7 Å². The van der Waals surface area contributed by atoms with E-state index in [1.165, 1.54) is 0 Å². The van der Waals surface area contributed by atoms with Crippen molar-refractivity contribution in [3.63, 3.8) is 0 Å². The third-order valence-electron chi connectivity index (χ3n) is 5.66. The third-order valence-corrected chi connectivity index (χ3v) is 5.66. The quantitative estimate of drug-likeness (QED) is 0.463. The molecular formula is C27H25N3O3. The Balaban J connectivity index is 1.17. The zero-order valence-corrected chi connectivity index (χ0v) is 18.2. The predicted octanol–water partition coefficient (Wildman–Crippen LogP) is 4.90. The number of pyridine rings is 1. The van der Waals surface area contributed by atoms with E-state index in [2.05, 4.69) is 15.2 Å². The number of carbonyl (C=O) groups is 1. The summed E-state index contributed by atoms with van der Waals surface area (Å²) in [6.07, 6.45) is 0. The molecule has 1 saturated heterocycles. The van der Waals surface area contributed by atoms with Gasteiger partial charge in [0.15, 0.2) is 0 Å². The molecule has 0 radical (unpaired) electrons. The molecule has 6 heteroatoms. The van der Waals surface area contributed by atoms with E-state index >= 15 is 0 Å². The number of nitrogens with one attached hydrogen (secondary N) is 1. The Morgan fingerprint density at radius 3 is 2.45 bits per heavy atom. The minimum absolute atomic E-state index is 0.156. The number of benzene rings is 3. The average Bonchev–Trinajstić information content (AvgIpc) is 2.88. The van der Waals surface area contributed by atoms with Gasteiger partial charge in [0.1, 0.15) is 12.4 Å². The van der Waals surface area contributed by atoms with Crippen molar-refractivity contribution in [3.05, 3.63) is 96.2 Å². The zero-order valence-electron chi connectivity index (χ0n) is 18.2. The summed E-state index contributed by atoms with van der Waals surface area (Å²) < 4.78 is 11.3. The van der Waals surface area contributed by atoms with Crippen molar-refractivity contribution < 1.29 is 14.3 Å². The number of amides is 1. The van der Waals surface area contributed by atoms with Crippen LogP contribution in [0.25, 0.3) is 10.9 Å². The van der Waals surface area contributed by atoms with E-state index in [0.717, 1.165) is 54.3 Å². The van der Waals surface area contributed by atoms with Gasteiger partial charge >= 0.3 is 0 Å². The van der Waals surface area contributed by atoms with Crippen LogP contribution >= 0.6 is 0 Å². The fourth-order valence-corrected chi connectivity index (χ4v) is 3.83. The first kappa shape index (κ1) is 21.0. The second-order valence-electron chi connectivity index (χ2n) is 7.91. The first-order valence-electron chi connectivity index (χ1n) is 11.1. The molecule has 0 atom stereocenters. The number of morpholine rings is 1. The normalized spacial score (nSPS) is 13.6. The number of carbonyl (C=O) groups excluding carboxylic acids is 1. The number of hydrogen-bond donors (Lipinski definition) is 1. The standard InChI is InChI=1S/C27H25N3O3/c31-27(29-22-9-11-24(12-10-22)30-15-17-32-18-16-30)21-6-13-25(14-7-21)33-19-23-8-5-20-3-1-2-4-26(20)28-23/h1-14H,15-19H2,(H,29,31). The molecule has 1 amide bonds. The molecule has 4 aromatic rings. The van der Waals surface area contributed by atoms with Gasteiger partial charge in [-0.25, -0.2) is 4.98 Å². The molecule has 1 aliphatic heterocycles. The maximum atomic E-state index is 12.6. The Morgan fingerprint density at radius 2 is 1.67 bits per heavy atom. The predicted molar refractivity (Wildman–Crippen MR) is 130 cm³/mol. The Labute approximate surface area is 192 Å². The smallest absolute Gasteiger partial charge is 0.255 e. The van der Waals surface area contributed by atoms with Crippen LogP contribution in [0.4, 0.5) is 11.4 Å². The average molecular weight is 440 g/mol. The molecule has 166 valence electrons. The van der Waals surface area contributed by atoms with Gasteiger partial charge < -0.3 is 19.7 Å². The van der Waals surface area contributed by atoms with E-state index in [9.17, 15) is 4.79 Å². The Hall–Kier alpha value is -3.90. The summed E-state index contributed by atoms with van der Waals surface area (Å²) in [5, 5.41) is 4.05. The van der Waals surface area contributed by atoms with Crippen molar-refractivity contribution in [2.45, 2.75) is 6.61 Å². The first-order chi connectivity index (χ1) is 16.2. The topological polar surface area (TPSA) is 63.7 Å². The number of ether oxygens (including phenoxy) is 2. The van der Waals surface area contributed by atoms with Gasteiger partial charge in [0.25, 0.3) is 5.91 Å². The van der Waals surface area contributed by atoms with Crippen LogP contribution in [0.15, 0.2) is 84.9 Å². The molecule has 3 aromatic carbocycles. The van der Waals surface area contributed by atoms with Gasteiger partial charge in [-0.05, 0) is 60.7 Å². The molecule has 6 nitrogen and oxygen atoms in total. The monoisotopic (exact) mass is 439 g/mol. The van der Waals surface area contributed by atoms with Crippen LogP contribution in [0.3, 0.4) is 0 Å². The minimum atomic E-state index is -0.156. The highest BCUT2D eigenvalue weighted by Gasteiger charge is 2.12. The second kappa shape index (κ2) is 9.71. The number of anilines is 2. The van der Waals surface area contributed by atoms with Crippen LogP contribution in [0.5, 0.6) is 5.75 Å². The van der Waals surface area contributed by atoms with Crippen LogP contribution in [0, 0.1) is 0 Å². The largest absolute Gasteiger partial charge is 0.487 e. The molecule has 2 heterocycles. The maximum absolute atomic E-state index is 12.6. The van der Waals surface area contributed by atoms with E-state index in [1.54, 1.807) is 24.3 Å². The first-order valence-corrected chi connectivity index (χ1v) is 11.1. The molecule has 0 saturated carbocycles. The molecule has 0 spiro atoms. The summed E-state index contributed by atoms with van der Waals surface area (Å²) in [5.41, 5.74) is 4.28. The molecule has 1 aliphatic rings. The van der Waals surface area contributed by atoms with Crippen molar-refractivity contribution >= 4 is 28.2 Å². The summed E-state index contributed by atoms with van der Waals surface area (Å²) in [7, 11) is 0. The SMILES string of the molecule is O=C(Nc1ccc(N2CCOCC2)cc1)c1ccc(OCc2ccc3ccccc3n2)cc1. The Kier molecular flexibility index (Phi) is 6.17. The lowest BCUT2D eigenvalue weighted by atomic mass is 10.2. The van der Waals surface area contributed by atoms with Crippen molar-refractivity contribution in [3.8, 4) is 5.75 Å². The van der Waals surface area contributed by atoms with Crippen molar-refractivity contribution in [1.29, 1.82) is 0 Å². The molecular weight excluding hydrogens is 414 g/mol. The molecule has 5 rings (SSSR count). The summed E-state index contributed by atoms with van der Waals surface area (Å²) >= 11 is 0. The summed E-state index contributed by atoms with van der Waals surface area (Å²) in [4.78, 5) is 19.5. The number of fused-ring (bicyclic) bond motifs is 1. The van der Waals surface area contributed by atoms with Crippen LogP contribution < -0.4 is 15.0 Å². The minimum Gasteiger partial charge on any atom is -0.487 e.